The highest BCUT2D eigenvalue weighted by molar-refractivity contribution is 6.33. The molecular weight excluding hydrogens is 504 g/mol. The Balaban J connectivity index is 1.45. The van der Waals surface area contributed by atoms with Crippen LogP contribution in [-0.4, -0.2) is 49.3 Å². The molecule has 10 heteroatoms. The standard InChI is InChI=1S/C28H27ClN6O3/c1-3-26(36)32-22-15-23(25(37-2)16-24(22)35-10-12-38-13-11-35)33-28-30-17-21(29)27(34-28)31-20-9-8-18-6-4-5-7-19(18)14-20/h3-9,14-17H,1,10-13H2,2H3,(H,32,36)(H2,30,31,33,34). The van der Waals surface area contributed by atoms with Crippen molar-refractivity contribution in [1.29, 1.82) is 0 Å². The Labute approximate surface area is 225 Å². The number of aromatic nitrogens is 2. The number of carbonyl (C=O) groups excluding carboxylic acids is 1. The van der Waals surface area contributed by atoms with Gasteiger partial charge in [0.25, 0.3) is 0 Å². The third-order valence-corrected chi connectivity index (χ3v) is 6.39. The van der Waals surface area contributed by atoms with Gasteiger partial charge in [-0.1, -0.05) is 48.5 Å². The number of ether oxygens (including phenoxy) is 2. The maximum atomic E-state index is 12.2. The molecule has 0 bridgehead atoms. The first-order valence-electron chi connectivity index (χ1n) is 12.1. The van der Waals surface area contributed by atoms with E-state index in [1.807, 2.05) is 42.5 Å². The summed E-state index contributed by atoms with van der Waals surface area (Å²) >= 11 is 6.42. The van der Waals surface area contributed by atoms with E-state index in [-0.39, 0.29) is 5.91 Å². The number of fused-ring (bicyclic) bond motifs is 1. The Hall–Kier alpha value is -4.34. The average molecular weight is 531 g/mol. The van der Waals surface area contributed by atoms with Crippen LogP contribution in [0.1, 0.15) is 0 Å². The van der Waals surface area contributed by atoms with Gasteiger partial charge < -0.3 is 30.3 Å². The normalized spacial score (nSPS) is 13.2. The second-order valence-corrected chi connectivity index (χ2v) is 8.97. The first-order chi connectivity index (χ1) is 18.5. The lowest BCUT2D eigenvalue weighted by Gasteiger charge is -2.31. The Kier molecular flexibility index (Phi) is 7.57. The highest BCUT2D eigenvalue weighted by Gasteiger charge is 2.20. The molecule has 0 saturated carbocycles. The third-order valence-electron chi connectivity index (χ3n) is 6.12. The summed E-state index contributed by atoms with van der Waals surface area (Å²) in [6.45, 7) is 6.15. The maximum Gasteiger partial charge on any atom is 0.247 e. The molecule has 1 aliphatic heterocycles. The highest BCUT2D eigenvalue weighted by Crippen LogP contribution is 2.39. The Morgan fingerprint density at radius 1 is 1.08 bits per heavy atom. The van der Waals surface area contributed by atoms with E-state index in [4.69, 9.17) is 21.1 Å². The SMILES string of the molecule is C=CC(=O)Nc1cc(Nc2ncc(Cl)c(Nc3ccc4ccccc4c3)n2)c(OC)cc1N1CCOCC1. The lowest BCUT2D eigenvalue weighted by atomic mass is 10.1. The van der Waals surface area contributed by atoms with Crippen LogP contribution in [0.5, 0.6) is 5.75 Å². The summed E-state index contributed by atoms with van der Waals surface area (Å²) in [5, 5.41) is 12.0. The monoisotopic (exact) mass is 530 g/mol. The number of amides is 1. The summed E-state index contributed by atoms with van der Waals surface area (Å²) in [6, 6.07) is 17.8. The van der Waals surface area contributed by atoms with E-state index in [2.05, 4.69) is 43.5 Å². The number of nitrogens with one attached hydrogen (secondary N) is 3. The Morgan fingerprint density at radius 2 is 1.87 bits per heavy atom. The minimum Gasteiger partial charge on any atom is -0.494 e. The predicted octanol–water partition coefficient (Wildman–Crippen LogP) is 5.74. The molecule has 1 saturated heterocycles. The van der Waals surface area contributed by atoms with Crippen molar-refractivity contribution in [3.63, 3.8) is 0 Å². The van der Waals surface area contributed by atoms with Crippen LogP contribution in [0.4, 0.5) is 34.5 Å². The number of nitrogens with zero attached hydrogens (tertiary/aromatic N) is 3. The van der Waals surface area contributed by atoms with Gasteiger partial charge in [0.15, 0.2) is 5.82 Å². The second kappa shape index (κ2) is 11.4. The average Bonchev–Trinajstić information content (AvgIpc) is 2.95. The van der Waals surface area contributed by atoms with Crippen LogP contribution in [-0.2, 0) is 9.53 Å². The van der Waals surface area contributed by atoms with E-state index in [1.165, 1.54) is 12.3 Å². The van der Waals surface area contributed by atoms with Gasteiger partial charge in [-0.3, -0.25) is 4.79 Å². The zero-order valence-electron chi connectivity index (χ0n) is 20.8. The van der Waals surface area contributed by atoms with Gasteiger partial charge in [-0.05, 0) is 35.0 Å². The number of anilines is 6. The van der Waals surface area contributed by atoms with Crippen LogP contribution in [0.15, 0.2) is 73.4 Å². The zero-order chi connectivity index (χ0) is 26.5. The quantitative estimate of drug-likeness (QED) is 0.248. The van der Waals surface area contributed by atoms with Gasteiger partial charge in [0.2, 0.25) is 11.9 Å². The van der Waals surface area contributed by atoms with Crippen LogP contribution >= 0.6 is 11.6 Å². The predicted molar refractivity (Wildman–Crippen MR) is 152 cm³/mol. The molecule has 2 heterocycles. The van der Waals surface area contributed by atoms with Crippen molar-refractivity contribution in [2.75, 3.05) is 54.3 Å². The molecule has 0 unspecified atom stereocenters. The third kappa shape index (κ3) is 5.64. The van der Waals surface area contributed by atoms with E-state index in [9.17, 15) is 4.79 Å². The summed E-state index contributed by atoms with van der Waals surface area (Å²) < 4.78 is 11.2. The highest BCUT2D eigenvalue weighted by atomic mass is 35.5. The van der Waals surface area contributed by atoms with Gasteiger partial charge in [0.1, 0.15) is 10.8 Å². The van der Waals surface area contributed by atoms with Crippen LogP contribution in [0.25, 0.3) is 10.8 Å². The fourth-order valence-corrected chi connectivity index (χ4v) is 4.36. The van der Waals surface area contributed by atoms with E-state index < -0.39 is 0 Å². The molecule has 4 aromatic rings. The molecule has 1 fully saturated rings. The molecule has 9 nitrogen and oxygen atoms in total. The van der Waals surface area contributed by atoms with E-state index in [1.54, 1.807) is 13.2 Å². The molecule has 194 valence electrons. The van der Waals surface area contributed by atoms with Crippen LogP contribution < -0.4 is 25.6 Å². The molecule has 1 aromatic heterocycles. The smallest absolute Gasteiger partial charge is 0.247 e. The molecule has 3 N–H and O–H groups in total. The summed E-state index contributed by atoms with van der Waals surface area (Å²) in [7, 11) is 1.58. The minimum absolute atomic E-state index is 0.302. The maximum absolute atomic E-state index is 12.2. The molecule has 38 heavy (non-hydrogen) atoms. The van der Waals surface area contributed by atoms with Crippen LogP contribution in [0, 0.1) is 0 Å². The Morgan fingerprint density at radius 3 is 2.63 bits per heavy atom. The zero-order valence-corrected chi connectivity index (χ0v) is 21.6. The summed E-state index contributed by atoms with van der Waals surface area (Å²) in [5.74, 6) is 0.991. The number of methoxy groups -OCH3 is 1. The molecule has 0 radical (unpaired) electrons. The van der Waals surface area contributed by atoms with Gasteiger partial charge in [0, 0.05) is 24.8 Å². The van der Waals surface area contributed by atoms with Crippen molar-refractivity contribution in [3.8, 4) is 5.75 Å². The number of benzene rings is 3. The van der Waals surface area contributed by atoms with Crippen molar-refractivity contribution >= 4 is 62.8 Å². The molecule has 1 aliphatic rings. The fraction of sp³-hybridized carbons (Fsp3) is 0.179. The number of hydrogen-bond donors (Lipinski definition) is 3. The van der Waals surface area contributed by atoms with E-state index in [0.29, 0.717) is 60.2 Å². The summed E-state index contributed by atoms with van der Waals surface area (Å²) in [4.78, 5) is 23.3. The number of morpholine rings is 1. The number of halogens is 1. The molecule has 0 spiro atoms. The topological polar surface area (TPSA) is 101 Å². The minimum atomic E-state index is -0.319. The van der Waals surface area contributed by atoms with Gasteiger partial charge >= 0.3 is 0 Å². The molecule has 3 aromatic carbocycles. The molecular formula is C28H27ClN6O3. The van der Waals surface area contributed by atoms with Gasteiger partial charge in [0.05, 0.1) is 43.6 Å². The fourth-order valence-electron chi connectivity index (χ4n) is 4.22. The summed E-state index contributed by atoms with van der Waals surface area (Å²) in [6.07, 6.45) is 2.75. The summed E-state index contributed by atoms with van der Waals surface area (Å²) in [5.41, 5.74) is 2.84. The van der Waals surface area contributed by atoms with Crippen molar-refractivity contribution < 1.29 is 14.3 Å². The second-order valence-electron chi connectivity index (χ2n) is 8.56. The molecule has 1 amide bonds. The molecule has 0 atom stereocenters. The van der Waals surface area contributed by atoms with Crippen molar-refractivity contribution in [2.45, 2.75) is 0 Å². The van der Waals surface area contributed by atoms with Crippen LogP contribution in [0.2, 0.25) is 5.02 Å². The molecule has 5 rings (SSSR count). The largest absolute Gasteiger partial charge is 0.494 e. The van der Waals surface area contributed by atoms with E-state index >= 15 is 0 Å². The Bertz CT molecular complexity index is 1490. The lowest BCUT2D eigenvalue weighted by molar-refractivity contribution is -0.111. The van der Waals surface area contributed by atoms with Gasteiger partial charge in [-0.15, -0.1) is 0 Å². The van der Waals surface area contributed by atoms with E-state index in [0.717, 1.165) is 22.1 Å². The number of rotatable bonds is 8. The first-order valence-corrected chi connectivity index (χ1v) is 12.5. The molecule has 0 aliphatic carbocycles. The van der Waals surface area contributed by atoms with Crippen LogP contribution in [0.3, 0.4) is 0 Å². The number of hydrogen-bond acceptors (Lipinski definition) is 8. The van der Waals surface area contributed by atoms with Crippen molar-refractivity contribution in [2.24, 2.45) is 0 Å². The number of carbonyl (C=O) groups is 1. The van der Waals surface area contributed by atoms with Crippen molar-refractivity contribution in [1.82, 2.24) is 9.97 Å². The lowest BCUT2D eigenvalue weighted by Crippen LogP contribution is -2.36. The first kappa shape index (κ1) is 25.3. The van der Waals surface area contributed by atoms with Crippen molar-refractivity contribution in [3.05, 3.63) is 78.5 Å². The van der Waals surface area contributed by atoms with Gasteiger partial charge in [-0.2, -0.15) is 4.98 Å². The van der Waals surface area contributed by atoms with Gasteiger partial charge in [-0.25, -0.2) is 4.98 Å².